The van der Waals surface area contributed by atoms with Gasteiger partial charge in [-0.1, -0.05) is 0 Å². The first kappa shape index (κ1) is 22.1. The van der Waals surface area contributed by atoms with Crippen molar-refractivity contribution in [3.63, 3.8) is 0 Å². The summed E-state index contributed by atoms with van der Waals surface area (Å²) in [4.78, 5) is 35.0. The van der Waals surface area contributed by atoms with E-state index in [0.29, 0.717) is 26.2 Å². The molecule has 9 nitrogen and oxygen atoms in total. The molecule has 0 aliphatic carbocycles. The van der Waals surface area contributed by atoms with Crippen molar-refractivity contribution in [2.45, 2.75) is 40.2 Å². The summed E-state index contributed by atoms with van der Waals surface area (Å²) >= 11 is 0. The zero-order valence-electron chi connectivity index (χ0n) is 20.2. The van der Waals surface area contributed by atoms with Crippen molar-refractivity contribution in [2.24, 2.45) is 0 Å². The number of carbonyl (C=O) groups excluding carboxylic acids is 1. The van der Waals surface area contributed by atoms with Crippen LogP contribution in [0, 0.1) is 13.8 Å². The number of hydrogen-bond donors (Lipinski definition) is 0. The van der Waals surface area contributed by atoms with Crippen LogP contribution in [-0.4, -0.2) is 67.1 Å². The van der Waals surface area contributed by atoms with Crippen LogP contribution >= 0.6 is 0 Å². The van der Waals surface area contributed by atoms with E-state index in [2.05, 4.69) is 20.9 Å². The Bertz CT molecular complexity index is 1380. The zero-order valence-corrected chi connectivity index (χ0v) is 20.2. The van der Waals surface area contributed by atoms with E-state index in [9.17, 15) is 4.79 Å². The molecule has 0 spiro atoms. The largest absolute Gasteiger partial charge is 0.444 e. The van der Waals surface area contributed by atoms with E-state index in [1.807, 2.05) is 63.5 Å². The van der Waals surface area contributed by atoms with Crippen molar-refractivity contribution in [3.8, 4) is 11.4 Å². The summed E-state index contributed by atoms with van der Waals surface area (Å²) in [6.07, 6.45) is 5.49. The lowest BCUT2D eigenvalue weighted by molar-refractivity contribution is 0.0240. The molecule has 1 saturated heterocycles. The minimum atomic E-state index is -0.488. The molecule has 0 aromatic carbocycles. The molecule has 0 saturated carbocycles. The topological polar surface area (TPSA) is 88.8 Å². The average molecular weight is 460 g/mol. The van der Waals surface area contributed by atoms with E-state index in [1.54, 1.807) is 11.1 Å². The van der Waals surface area contributed by atoms with Crippen LogP contribution in [0.3, 0.4) is 0 Å². The molecule has 34 heavy (non-hydrogen) atoms. The smallest absolute Gasteiger partial charge is 0.410 e. The van der Waals surface area contributed by atoms with Gasteiger partial charge in [-0.15, -0.1) is 0 Å². The number of piperazine rings is 1. The van der Waals surface area contributed by atoms with Crippen molar-refractivity contribution in [3.05, 3.63) is 48.2 Å². The van der Waals surface area contributed by atoms with E-state index < -0.39 is 5.60 Å². The third kappa shape index (κ3) is 4.37. The van der Waals surface area contributed by atoms with E-state index in [0.717, 1.165) is 45.1 Å². The van der Waals surface area contributed by atoms with Gasteiger partial charge in [0.05, 0.1) is 28.8 Å². The summed E-state index contributed by atoms with van der Waals surface area (Å²) < 4.78 is 7.49. The van der Waals surface area contributed by atoms with E-state index in [4.69, 9.17) is 14.7 Å². The molecule has 0 atom stereocenters. The maximum absolute atomic E-state index is 12.3. The Hall–Kier alpha value is -3.75. The van der Waals surface area contributed by atoms with Crippen LogP contribution in [-0.2, 0) is 4.74 Å². The van der Waals surface area contributed by atoms with Crippen LogP contribution in [0.4, 0.5) is 10.6 Å². The third-order valence-electron chi connectivity index (χ3n) is 5.80. The number of aromatic nitrogens is 5. The number of aryl methyl sites for hydroxylation is 2. The number of fused-ring (bicyclic) bond motifs is 2. The second-order valence-electron chi connectivity index (χ2n) is 9.71. The highest BCUT2D eigenvalue weighted by molar-refractivity contribution is 5.83. The first-order valence-electron chi connectivity index (χ1n) is 11.5. The number of pyridine rings is 2. The Morgan fingerprint density at radius 3 is 2.47 bits per heavy atom. The summed E-state index contributed by atoms with van der Waals surface area (Å²) in [6, 6.07) is 6.11. The number of imidazole rings is 1. The van der Waals surface area contributed by atoms with Gasteiger partial charge in [-0.3, -0.25) is 4.98 Å². The summed E-state index contributed by atoms with van der Waals surface area (Å²) in [6.45, 7) is 12.2. The fraction of sp³-hybridized carbons (Fsp3) is 0.400. The normalized spacial score (nSPS) is 14.7. The van der Waals surface area contributed by atoms with Crippen LogP contribution in [0.5, 0.6) is 0 Å². The minimum absolute atomic E-state index is 0.261. The van der Waals surface area contributed by atoms with Gasteiger partial charge in [-0.25, -0.2) is 19.7 Å². The van der Waals surface area contributed by atoms with E-state index in [1.165, 1.54) is 0 Å². The number of ether oxygens (including phenoxy) is 1. The number of nitrogens with zero attached hydrogens (tertiary/aromatic N) is 7. The molecule has 0 N–H and O–H groups in total. The second-order valence-corrected chi connectivity index (χ2v) is 9.71. The molecule has 9 heteroatoms. The fourth-order valence-electron chi connectivity index (χ4n) is 4.17. The summed E-state index contributed by atoms with van der Waals surface area (Å²) in [5, 5.41) is 1.00. The quantitative estimate of drug-likeness (QED) is 0.447. The Balaban J connectivity index is 1.34. The maximum Gasteiger partial charge on any atom is 0.410 e. The molecule has 5 rings (SSSR count). The first-order chi connectivity index (χ1) is 16.2. The highest BCUT2D eigenvalue weighted by Gasteiger charge is 2.26. The van der Waals surface area contributed by atoms with Crippen molar-refractivity contribution < 1.29 is 9.53 Å². The van der Waals surface area contributed by atoms with Crippen molar-refractivity contribution in [1.82, 2.24) is 29.2 Å². The van der Waals surface area contributed by atoms with Crippen molar-refractivity contribution >= 4 is 28.5 Å². The predicted octanol–water partition coefficient (Wildman–Crippen LogP) is 4.01. The molecular weight excluding hydrogens is 430 g/mol. The molecule has 4 aromatic rings. The number of rotatable bonds is 2. The molecular formula is C25H29N7O2. The maximum atomic E-state index is 12.3. The van der Waals surface area contributed by atoms with Gasteiger partial charge in [0.2, 0.25) is 0 Å². The highest BCUT2D eigenvalue weighted by atomic mass is 16.6. The van der Waals surface area contributed by atoms with Crippen molar-refractivity contribution in [1.29, 1.82) is 0 Å². The SMILES string of the molecule is Cc1cn2cc(-c3cc4ccc(N5CCN(C(=O)OC(C)(C)C)CC5)nc4cn3)nc(C)c2n1. The van der Waals surface area contributed by atoms with Gasteiger partial charge in [0.25, 0.3) is 0 Å². The van der Waals surface area contributed by atoms with Gasteiger partial charge in [0.15, 0.2) is 5.65 Å². The minimum Gasteiger partial charge on any atom is -0.444 e. The molecule has 176 valence electrons. The predicted molar refractivity (Wildman–Crippen MR) is 131 cm³/mol. The molecule has 0 unspecified atom stereocenters. The summed E-state index contributed by atoms with van der Waals surface area (Å²) in [5.74, 6) is 0.884. The lowest BCUT2D eigenvalue weighted by Crippen LogP contribution is -2.50. The molecule has 1 fully saturated rings. The van der Waals surface area contributed by atoms with Gasteiger partial charge in [0.1, 0.15) is 17.1 Å². The molecule has 0 radical (unpaired) electrons. The van der Waals surface area contributed by atoms with Crippen LogP contribution in [0.2, 0.25) is 0 Å². The number of amides is 1. The lowest BCUT2D eigenvalue weighted by Gasteiger charge is -2.36. The summed E-state index contributed by atoms with van der Waals surface area (Å²) in [7, 11) is 0. The van der Waals surface area contributed by atoms with Gasteiger partial charge in [0, 0.05) is 44.0 Å². The first-order valence-corrected chi connectivity index (χ1v) is 11.5. The van der Waals surface area contributed by atoms with Gasteiger partial charge >= 0.3 is 6.09 Å². The zero-order chi connectivity index (χ0) is 24.0. The Morgan fingerprint density at radius 2 is 1.74 bits per heavy atom. The molecule has 1 aliphatic heterocycles. The Morgan fingerprint density at radius 1 is 0.971 bits per heavy atom. The molecule has 5 heterocycles. The van der Waals surface area contributed by atoms with Gasteiger partial charge in [-0.05, 0) is 52.8 Å². The van der Waals surface area contributed by atoms with Crippen LogP contribution in [0.25, 0.3) is 27.9 Å². The molecule has 0 bridgehead atoms. The van der Waals surface area contributed by atoms with Crippen molar-refractivity contribution in [2.75, 3.05) is 31.1 Å². The van der Waals surface area contributed by atoms with Gasteiger partial charge in [-0.2, -0.15) is 0 Å². The van der Waals surface area contributed by atoms with E-state index >= 15 is 0 Å². The standard InChI is InChI=1S/C25H29N7O2/c1-16-14-32-15-21(28-17(2)23(32)27-16)19-12-18-6-7-22(29-20(18)13-26-19)30-8-10-31(11-9-30)24(33)34-25(3,4)5/h6-7,12-15H,8-11H2,1-5H3. The summed E-state index contributed by atoms with van der Waals surface area (Å²) in [5.41, 5.74) is 4.62. The Kier molecular flexibility index (Phi) is 5.34. The third-order valence-corrected chi connectivity index (χ3v) is 5.80. The lowest BCUT2D eigenvalue weighted by atomic mass is 10.2. The average Bonchev–Trinajstić information content (AvgIpc) is 3.18. The number of hydrogen-bond acceptors (Lipinski definition) is 7. The Labute approximate surface area is 198 Å². The van der Waals surface area contributed by atoms with Crippen LogP contribution in [0.1, 0.15) is 32.2 Å². The number of anilines is 1. The van der Waals surface area contributed by atoms with Crippen LogP contribution < -0.4 is 4.90 Å². The molecule has 4 aromatic heterocycles. The van der Waals surface area contributed by atoms with E-state index in [-0.39, 0.29) is 6.09 Å². The monoisotopic (exact) mass is 459 g/mol. The van der Waals surface area contributed by atoms with Gasteiger partial charge < -0.3 is 18.9 Å². The fourth-order valence-corrected chi connectivity index (χ4v) is 4.17. The van der Waals surface area contributed by atoms with Crippen LogP contribution in [0.15, 0.2) is 36.8 Å². The highest BCUT2D eigenvalue weighted by Crippen LogP contribution is 2.24. The second kappa shape index (κ2) is 8.23. The number of carbonyl (C=O) groups is 1. The molecule has 1 amide bonds. The molecule has 1 aliphatic rings.